The summed E-state index contributed by atoms with van der Waals surface area (Å²) in [6.07, 6.45) is 1.64. The standard InChI is InChI=1S/C16H19BrFNOS/c1-3-8-19-13(16-12(17)7-9-21-16)10-11-5-4-6-14(20-2)15(11)18/h4-7,9,13,19H,3,8,10H2,1-2H3. The second kappa shape index (κ2) is 7.92. The fourth-order valence-electron chi connectivity index (χ4n) is 2.22. The van der Waals surface area contributed by atoms with E-state index in [-0.39, 0.29) is 11.9 Å². The van der Waals surface area contributed by atoms with Crippen molar-refractivity contribution in [1.29, 1.82) is 0 Å². The smallest absolute Gasteiger partial charge is 0.168 e. The van der Waals surface area contributed by atoms with E-state index >= 15 is 0 Å². The highest BCUT2D eigenvalue weighted by atomic mass is 79.9. The van der Waals surface area contributed by atoms with E-state index in [9.17, 15) is 4.39 Å². The molecule has 0 bridgehead atoms. The normalized spacial score (nSPS) is 12.4. The molecule has 1 unspecified atom stereocenters. The predicted molar refractivity (Wildman–Crippen MR) is 89.7 cm³/mol. The van der Waals surface area contributed by atoms with E-state index in [1.165, 1.54) is 12.0 Å². The summed E-state index contributed by atoms with van der Waals surface area (Å²) in [4.78, 5) is 1.20. The highest BCUT2D eigenvalue weighted by Gasteiger charge is 2.19. The van der Waals surface area contributed by atoms with Crippen molar-refractivity contribution in [2.24, 2.45) is 0 Å². The van der Waals surface area contributed by atoms with Crippen LogP contribution in [-0.4, -0.2) is 13.7 Å². The van der Waals surface area contributed by atoms with Gasteiger partial charge in [-0.15, -0.1) is 11.3 Å². The summed E-state index contributed by atoms with van der Waals surface area (Å²) >= 11 is 5.25. The zero-order valence-corrected chi connectivity index (χ0v) is 14.6. The number of benzene rings is 1. The number of hydrogen-bond acceptors (Lipinski definition) is 3. The van der Waals surface area contributed by atoms with E-state index in [1.54, 1.807) is 17.4 Å². The first-order chi connectivity index (χ1) is 10.2. The lowest BCUT2D eigenvalue weighted by molar-refractivity contribution is 0.382. The number of methoxy groups -OCH3 is 1. The van der Waals surface area contributed by atoms with E-state index in [0.29, 0.717) is 17.7 Å². The highest BCUT2D eigenvalue weighted by molar-refractivity contribution is 9.10. The maximum atomic E-state index is 14.3. The highest BCUT2D eigenvalue weighted by Crippen LogP contribution is 2.32. The molecule has 1 atom stereocenters. The van der Waals surface area contributed by atoms with Crippen LogP contribution in [0, 0.1) is 5.82 Å². The molecule has 0 aliphatic carbocycles. The van der Waals surface area contributed by atoms with Gasteiger partial charge in [-0.1, -0.05) is 19.1 Å². The van der Waals surface area contributed by atoms with Crippen molar-refractivity contribution in [3.05, 3.63) is 50.4 Å². The summed E-state index contributed by atoms with van der Waals surface area (Å²) in [6.45, 7) is 3.03. The average Bonchev–Trinajstić information content (AvgIpc) is 2.91. The fraction of sp³-hybridized carbons (Fsp3) is 0.375. The molecule has 0 saturated heterocycles. The Balaban J connectivity index is 2.25. The van der Waals surface area contributed by atoms with Crippen molar-refractivity contribution in [2.75, 3.05) is 13.7 Å². The van der Waals surface area contributed by atoms with Crippen LogP contribution in [0.4, 0.5) is 4.39 Å². The first kappa shape index (κ1) is 16.5. The van der Waals surface area contributed by atoms with Gasteiger partial charge >= 0.3 is 0 Å². The Bertz CT molecular complexity index is 587. The van der Waals surface area contributed by atoms with Crippen molar-refractivity contribution >= 4 is 27.3 Å². The third kappa shape index (κ3) is 4.05. The number of ether oxygens (including phenoxy) is 1. The molecule has 1 heterocycles. The van der Waals surface area contributed by atoms with Crippen molar-refractivity contribution < 1.29 is 9.13 Å². The molecule has 0 amide bonds. The Morgan fingerprint density at radius 2 is 2.19 bits per heavy atom. The molecule has 2 nitrogen and oxygen atoms in total. The van der Waals surface area contributed by atoms with Crippen LogP contribution >= 0.6 is 27.3 Å². The van der Waals surface area contributed by atoms with E-state index in [1.807, 2.05) is 23.6 Å². The Kier molecular flexibility index (Phi) is 6.21. The summed E-state index contributed by atoms with van der Waals surface area (Å²) in [5.74, 6) is 0.0305. The first-order valence-electron chi connectivity index (χ1n) is 6.95. The Morgan fingerprint density at radius 1 is 1.38 bits per heavy atom. The summed E-state index contributed by atoms with van der Waals surface area (Å²) in [6, 6.07) is 7.43. The number of rotatable bonds is 7. The number of thiophene rings is 1. The zero-order valence-electron chi connectivity index (χ0n) is 12.2. The number of halogens is 2. The van der Waals surface area contributed by atoms with Gasteiger partial charge in [0, 0.05) is 15.4 Å². The van der Waals surface area contributed by atoms with E-state index in [4.69, 9.17) is 4.74 Å². The van der Waals surface area contributed by atoms with Crippen LogP contribution in [0.3, 0.4) is 0 Å². The molecule has 0 aliphatic rings. The minimum absolute atomic E-state index is 0.0981. The third-order valence-electron chi connectivity index (χ3n) is 3.29. The van der Waals surface area contributed by atoms with Gasteiger partial charge in [0.2, 0.25) is 0 Å². The second-order valence-electron chi connectivity index (χ2n) is 4.78. The molecule has 114 valence electrons. The second-order valence-corrected chi connectivity index (χ2v) is 6.58. The van der Waals surface area contributed by atoms with Gasteiger partial charge in [-0.3, -0.25) is 0 Å². The van der Waals surface area contributed by atoms with Gasteiger partial charge in [0.25, 0.3) is 0 Å². The molecule has 5 heteroatoms. The van der Waals surface area contributed by atoms with Crippen molar-refractivity contribution in [3.63, 3.8) is 0 Å². The molecule has 0 saturated carbocycles. The summed E-state index contributed by atoms with van der Waals surface area (Å²) < 4.78 is 20.5. The first-order valence-corrected chi connectivity index (χ1v) is 8.62. The molecule has 1 N–H and O–H groups in total. The van der Waals surface area contributed by atoms with E-state index < -0.39 is 0 Å². The van der Waals surface area contributed by atoms with Gasteiger partial charge in [0.15, 0.2) is 11.6 Å². The monoisotopic (exact) mass is 371 g/mol. The van der Waals surface area contributed by atoms with Gasteiger partial charge in [-0.25, -0.2) is 4.39 Å². The minimum Gasteiger partial charge on any atom is -0.494 e. The van der Waals surface area contributed by atoms with E-state index in [2.05, 4.69) is 28.2 Å². The average molecular weight is 372 g/mol. The summed E-state index contributed by atoms with van der Waals surface area (Å²) in [7, 11) is 1.49. The number of nitrogens with one attached hydrogen (secondary N) is 1. The van der Waals surface area contributed by atoms with Crippen LogP contribution in [0.2, 0.25) is 0 Å². The molecule has 1 aromatic heterocycles. The number of hydrogen-bond donors (Lipinski definition) is 1. The molecule has 2 aromatic rings. The SMILES string of the molecule is CCCNC(Cc1cccc(OC)c1F)c1sccc1Br. The van der Waals surface area contributed by atoms with Gasteiger partial charge in [-0.05, 0) is 58.4 Å². The Labute approximate surface area is 137 Å². The van der Waals surface area contributed by atoms with E-state index in [0.717, 1.165) is 17.4 Å². The van der Waals surface area contributed by atoms with Crippen LogP contribution in [-0.2, 0) is 6.42 Å². The summed E-state index contributed by atoms with van der Waals surface area (Å²) in [5.41, 5.74) is 0.670. The van der Waals surface area contributed by atoms with Crippen molar-refractivity contribution in [3.8, 4) is 5.75 Å². The van der Waals surface area contributed by atoms with Crippen LogP contribution in [0.25, 0.3) is 0 Å². The molecule has 1 aromatic carbocycles. The molecular weight excluding hydrogens is 353 g/mol. The van der Waals surface area contributed by atoms with Crippen LogP contribution in [0.5, 0.6) is 5.75 Å². The van der Waals surface area contributed by atoms with Crippen LogP contribution < -0.4 is 10.1 Å². The summed E-state index contributed by atoms with van der Waals surface area (Å²) in [5, 5.41) is 5.54. The lowest BCUT2D eigenvalue weighted by Gasteiger charge is -2.19. The quantitative estimate of drug-likeness (QED) is 0.743. The van der Waals surface area contributed by atoms with Crippen LogP contribution in [0.1, 0.15) is 29.8 Å². The largest absolute Gasteiger partial charge is 0.494 e. The maximum Gasteiger partial charge on any atom is 0.168 e. The Morgan fingerprint density at radius 3 is 2.81 bits per heavy atom. The molecular formula is C16H19BrFNOS. The van der Waals surface area contributed by atoms with Gasteiger partial charge in [0.1, 0.15) is 0 Å². The van der Waals surface area contributed by atoms with Crippen molar-refractivity contribution in [2.45, 2.75) is 25.8 Å². The maximum absolute atomic E-state index is 14.3. The third-order valence-corrected chi connectivity index (χ3v) is 5.27. The Hall–Kier alpha value is -0.910. The molecule has 0 fully saturated rings. The van der Waals surface area contributed by atoms with Crippen LogP contribution in [0.15, 0.2) is 34.1 Å². The zero-order chi connectivity index (χ0) is 15.2. The lowest BCUT2D eigenvalue weighted by Crippen LogP contribution is -2.24. The topological polar surface area (TPSA) is 21.3 Å². The molecule has 0 radical (unpaired) electrons. The molecule has 0 aliphatic heterocycles. The predicted octanol–water partition coefficient (Wildman–Crippen LogP) is 4.94. The fourth-order valence-corrected chi connectivity index (χ4v) is 3.95. The van der Waals surface area contributed by atoms with Gasteiger partial charge in [-0.2, -0.15) is 0 Å². The van der Waals surface area contributed by atoms with Gasteiger partial charge < -0.3 is 10.1 Å². The lowest BCUT2D eigenvalue weighted by atomic mass is 10.0. The van der Waals surface area contributed by atoms with Gasteiger partial charge in [0.05, 0.1) is 7.11 Å². The minimum atomic E-state index is -0.268. The molecule has 0 spiro atoms. The molecule has 2 rings (SSSR count). The van der Waals surface area contributed by atoms with Crippen molar-refractivity contribution in [1.82, 2.24) is 5.32 Å². The molecule has 21 heavy (non-hydrogen) atoms.